The summed E-state index contributed by atoms with van der Waals surface area (Å²) in [5, 5.41) is 3.02. The molecule has 0 spiro atoms. The van der Waals surface area contributed by atoms with Gasteiger partial charge in [0.15, 0.2) is 5.03 Å². The Kier molecular flexibility index (Phi) is 5.65. The molecule has 0 bridgehead atoms. The molecule has 0 amide bonds. The van der Waals surface area contributed by atoms with Gasteiger partial charge in [0.05, 0.1) is 12.7 Å². The van der Waals surface area contributed by atoms with Gasteiger partial charge in [-0.05, 0) is 25.7 Å². The van der Waals surface area contributed by atoms with Crippen molar-refractivity contribution in [3.05, 3.63) is 23.9 Å². The molecule has 2 N–H and O–H groups in total. The van der Waals surface area contributed by atoms with Crippen molar-refractivity contribution >= 4 is 10.0 Å². The van der Waals surface area contributed by atoms with Crippen LogP contribution in [0.2, 0.25) is 0 Å². The first-order chi connectivity index (χ1) is 10.0. The van der Waals surface area contributed by atoms with Crippen molar-refractivity contribution in [1.29, 1.82) is 0 Å². The van der Waals surface area contributed by atoms with Crippen molar-refractivity contribution in [2.24, 2.45) is 0 Å². The Labute approximate surface area is 125 Å². The van der Waals surface area contributed by atoms with E-state index in [1.165, 1.54) is 6.07 Å². The SMILES string of the molecule is CNCc1ccc(S(=O)(=O)NCC2CN(C)CCO2)nc1. The number of pyridine rings is 1. The molecule has 1 aromatic heterocycles. The van der Waals surface area contributed by atoms with Crippen LogP contribution in [-0.4, -0.2) is 64.7 Å². The highest BCUT2D eigenvalue weighted by Crippen LogP contribution is 2.08. The van der Waals surface area contributed by atoms with E-state index < -0.39 is 10.0 Å². The fraction of sp³-hybridized carbons (Fsp3) is 0.615. The van der Waals surface area contributed by atoms with Crippen LogP contribution in [0.25, 0.3) is 0 Å². The molecule has 1 atom stereocenters. The molecule has 0 radical (unpaired) electrons. The minimum Gasteiger partial charge on any atom is -0.374 e. The lowest BCUT2D eigenvalue weighted by Crippen LogP contribution is -2.45. The number of nitrogens with one attached hydrogen (secondary N) is 2. The quantitative estimate of drug-likeness (QED) is 0.730. The summed E-state index contributed by atoms with van der Waals surface area (Å²) in [5.41, 5.74) is 0.939. The third kappa shape index (κ3) is 4.72. The van der Waals surface area contributed by atoms with E-state index in [9.17, 15) is 8.42 Å². The van der Waals surface area contributed by atoms with E-state index >= 15 is 0 Å². The molecule has 2 rings (SSSR count). The molecule has 1 aromatic rings. The molecule has 1 fully saturated rings. The van der Waals surface area contributed by atoms with E-state index in [1.54, 1.807) is 12.3 Å². The van der Waals surface area contributed by atoms with Crippen LogP contribution in [0.15, 0.2) is 23.4 Å². The molecule has 1 aliphatic rings. The topological polar surface area (TPSA) is 83.6 Å². The Morgan fingerprint density at radius 2 is 2.29 bits per heavy atom. The third-order valence-corrected chi connectivity index (χ3v) is 4.64. The second kappa shape index (κ2) is 7.28. The molecule has 8 heteroatoms. The van der Waals surface area contributed by atoms with Crippen molar-refractivity contribution in [2.75, 3.05) is 40.3 Å². The van der Waals surface area contributed by atoms with E-state index in [4.69, 9.17) is 4.74 Å². The zero-order chi connectivity index (χ0) is 15.3. The smallest absolute Gasteiger partial charge is 0.258 e. The summed E-state index contributed by atoms with van der Waals surface area (Å²) in [6.07, 6.45) is 1.44. The second-order valence-electron chi connectivity index (χ2n) is 5.14. The van der Waals surface area contributed by atoms with Crippen LogP contribution in [0.1, 0.15) is 5.56 Å². The van der Waals surface area contributed by atoms with Gasteiger partial charge < -0.3 is 15.0 Å². The summed E-state index contributed by atoms with van der Waals surface area (Å²) in [6.45, 7) is 3.13. The van der Waals surface area contributed by atoms with Crippen molar-refractivity contribution in [1.82, 2.24) is 19.9 Å². The number of hydrogen-bond donors (Lipinski definition) is 2. The number of rotatable bonds is 6. The first-order valence-electron chi connectivity index (χ1n) is 6.90. The molecule has 1 aliphatic heterocycles. The molecule has 7 nitrogen and oxygen atoms in total. The third-order valence-electron chi connectivity index (χ3n) is 3.30. The van der Waals surface area contributed by atoms with Gasteiger partial charge in [-0.2, -0.15) is 0 Å². The number of ether oxygens (including phenoxy) is 1. The minimum absolute atomic E-state index is 0.0338. The van der Waals surface area contributed by atoms with E-state index in [2.05, 4.69) is 19.9 Å². The molecule has 118 valence electrons. The zero-order valence-corrected chi connectivity index (χ0v) is 13.2. The maximum absolute atomic E-state index is 12.2. The van der Waals surface area contributed by atoms with Crippen LogP contribution >= 0.6 is 0 Å². The second-order valence-corrected chi connectivity index (χ2v) is 6.86. The van der Waals surface area contributed by atoms with Crippen molar-refractivity contribution in [2.45, 2.75) is 17.7 Å². The van der Waals surface area contributed by atoms with Gasteiger partial charge in [0, 0.05) is 32.4 Å². The fourth-order valence-corrected chi connectivity index (χ4v) is 3.14. The van der Waals surface area contributed by atoms with Crippen LogP contribution in [0.5, 0.6) is 0 Å². The average Bonchev–Trinajstić information content (AvgIpc) is 2.46. The molecule has 21 heavy (non-hydrogen) atoms. The summed E-state index contributed by atoms with van der Waals surface area (Å²) in [4.78, 5) is 6.12. The van der Waals surface area contributed by atoms with E-state index in [1.807, 2.05) is 14.1 Å². The van der Waals surface area contributed by atoms with Gasteiger partial charge in [-0.1, -0.05) is 6.07 Å². The lowest BCUT2D eigenvalue weighted by molar-refractivity contribution is -0.0156. The molecular formula is C13H22N4O3S. The lowest BCUT2D eigenvalue weighted by atomic mass is 10.3. The number of likely N-dealkylation sites (N-methyl/N-ethyl adjacent to an activating group) is 1. The molecule has 1 saturated heterocycles. The first kappa shape index (κ1) is 16.3. The van der Waals surface area contributed by atoms with Crippen LogP contribution < -0.4 is 10.0 Å². The average molecular weight is 314 g/mol. The van der Waals surface area contributed by atoms with E-state index in [0.717, 1.165) is 18.7 Å². The number of nitrogens with zero attached hydrogens (tertiary/aromatic N) is 2. The van der Waals surface area contributed by atoms with E-state index in [0.29, 0.717) is 13.2 Å². The van der Waals surface area contributed by atoms with Crippen molar-refractivity contribution in [3.63, 3.8) is 0 Å². The van der Waals surface area contributed by atoms with Gasteiger partial charge in [0.25, 0.3) is 10.0 Å². The Morgan fingerprint density at radius 3 is 2.90 bits per heavy atom. The van der Waals surface area contributed by atoms with Gasteiger partial charge in [-0.15, -0.1) is 0 Å². The predicted octanol–water partition coefficient (Wildman–Crippen LogP) is -0.590. The highest BCUT2D eigenvalue weighted by molar-refractivity contribution is 7.89. The van der Waals surface area contributed by atoms with Crippen LogP contribution in [0.4, 0.5) is 0 Å². The van der Waals surface area contributed by atoms with Crippen molar-refractivity contribution < 1.29 is 13.2 Å². The Hall–Kier alpha value is -1.06. The lowest BCUT2D eigenvalue weighted by Gasteiger charge is -2.29. The monoisotopic (exact) mass is 314 g/mol. The Morgan fingerprint density at radius 1 is 1.48 bits per heavy atom. The van der Waals surface area contributed by atoms with Crippen LogP contribution in [-0.2, 0) is 21.3 Å². The maximum Gasteiger partial charge on any atom is 0.258 e. The highest BCUT2D eigenvalue weighted by Gasteiger charge is 2.21. The van der Waals surface area contributed by atoms with Crippen LogP contribution in [0, 0.1) is 0 Å². The maximum atomic E-state index is 12.2. The summed E-state index contributed by atoms with van der Waals surface area (Å²) >= 11 is 0. The number of morpholine rings is 1. The van der Waals surface area contributed by atoms with Gasteiger partial charge in [-0.3, -0.25) is 0 Å². The summed E-state index contributed by atoms with van der Waals surface area (Å²) in [7, 11) is 0.230. The molecule has 0 saturated carbocycles. The van der Waals surface area contributed by atoms with Crippen LogP contribution in [0.3, 0.4) is 0 Å². The predicted molar refractivity (Wildman–Crippen MR) is 79.4 cm³/mol. The van der Waals surface area contributed by atoms with Gasteiger partial charge in [0.2, 0.25) is 0 Å². The number of aromatic nitrogens is 1. The molecule has 1 unspecified atom stereocenters. The summed E-state index contributed by atoms with van der Waals surface area (Å²) in [6, 6.07) is 3.27. The fourth-order valence-electron chi connectivity index (χ4n) is 2.15. The Bertz CT molecular complexity index is 547. The molecule has 0 aliphatic carbocycles. The standard InChI is InChI=1S/C13H22N4O3S/c1-14-7-11-3-4-13(15-8-11)21(18,19)16-9-12-10-17(2)5-6-20-12/h3-4,8,12,14,16H,5-7,9-10H2,1-2H3. The van der Waals surface area contributed by atoms with Gasteiger partial charge >= 0.3 is 0 Å². The number of sulfonamides is 1. The molecular weight excluding hydrogens is 292 g/mol. The van der Waals surface area contributed by atoms with Crippen molar-refractivity contribution in [3.8, 4) is 0 Å². The molecule has 2 heterocycles. The highest BCUT2D eigenvalue weighted by atomic mass is 32.2. The largest absolute Gasteiger partial charge is 0.374 e. The Balaban J connectivity index is 1.94. The summed E-state index contributed by atoms with van der Waals surface area (Å²) < 4.78 is 32.4. The van der Waals surface area contributed by atoms with Gasteiger partial charge in [0.1, 0.15) is 0 Å². The van der Waals surface area contributed by atoms with E-state index in [-0.39, 0.29) is 17.7 Å². The molecule has 0 aromatic carbocycles. The normalized spacial score (nSPS) is 20.6. The summed E-state index contributed by atoms with van der Waals surface area (Å²) in [5.74, 6) is 0. The zero-order valence-electron chi connectivity index (χ0n) is 12.4. The van der Waals surface area contributed by atoms with Gasteiger partial charge in [-0.25, -0.2) is 18.1 Å². The first-order valence-corrected chi connectivity index (χ1v) is 8.39. The number of hydrogen-bond acceptors (Lipinski definition) is 6. The minimum atomic E-state index is -3.59.